The summed E-state index contributed by atoms with van der Waals surface area (Å²) < 4.78 is 29.9. The van der Waals surface area contributed by atoms with Gasteiger partial charge in [0.15, 0.2) is 0 Å². The number of carbonyl (C=O) groups excluding carboxylic acids is 1. The minimum absolute atomic E-state index is 0.0215. The maximum absolute atomic E-state index is 12.7. The van der Waals surface area contributed by atoms with Crippen molar-refractivity contribution in [1.29, 1.82) is 5.26 Å². The van der Waals surface area contributed by atoms with Crippen molar-refractivity contribution >= 4 is 17.6 Å². The lowest BCUT2D eigenvalue weighted by molar-refractivity contribution is -0.139. The smallest absolute Gasteiger partial charge is 0.310 e. The van der Waals surface area contributed by atoms with Gasteiger partial charge < -0.3 is 4.74 Å². The lowest BCUT2D eigenvalue weighted by atomic mass is 9.96. The van der Waals surface area contributed by atoms with Gasteiger partial charge in [0.25, 0.3) is 6.43 Å². The molecule has 1 aromatic carbocycles. The summed E-state index contributed by atoms with van der Waals surface area (Å²) in [6.07, 6.45) is -2.86. The van der Waals surface area contributed by atoms with Crippen molar-refractivity contribution in [2.24, 2.45) is 0 Å². The highest BCUT2D eigenvalue weighted by molar-refractivity contribution is 6.17. The molecule has 0 saturated carbocycles. The van der Waals surface area contributed by atoms with Crippen LogP contribution in [-0.2, 0) is 21.8 Å². The zero-order valence-corrected chi connectivity index (χ0v) is 10.3. The molecule has 0 atom stereocenters. The van der Waals surface area contributed by atoms with Crippen LogP contribution in [0.1, 0.15) is 28.7 Å². The van der Waals surface area contributed by atoms with E-state index in [0.717, 1.165) is 0 Å². The van der Waals surface area contributed by atoms with Crippen molar-refractivity contribution in [3.63, 3.8) is 0 Å². The number of esters is 1. The molecule has 0 fully saturated rings. The van der Waals surface area contributed by atoms with Gasteiger partial charge in [0.2, 0.25) is 0 Å². The number of halogens is 3. The standard InChI is InChI=1S/C12H10ClF2NO2/c1-18-11(17)4-7-2-3-8(12(14)15)9(5-13)10(7)6-16/h2-3,12H,4-5H2,1H3. The van der Waals surface area contributed by atoms with Crippen LogP contribution in [0.3, 0.4) is 0 Å². The van der Waals surface area contributed by atoms with Crippen molar-refractivity contribution in [2.45, 2.75) is 18.7 Å². The topological polar surface area (TPSA) is 50.1 Å². The third-order valence-corrected chi connectivity index (χ3v) is 2.75. The quantitative estimate of drug-likeness (QED) is 0.626. The van der Waals surface area contributed by atoms with Gasteiger partial charge in [-0.1, -0.05) is 12.1 Å². The van der Waals surface area contributed by atoms with Gasteiger partial charge in [0.1, 0.15) is 0 Å². The highest BCUT2D eigenvalue weighted by Crippen LogP contribution is 2.29. The van der Waals surface area contributed by atoms with Crippen LogP contribution >= 0.6 is 11.6 Å². The van der Waals surface area contributed by atoms with E-state index in [1.54, 1.807) is 0 Å². The third-order valence-electron chi connectivity index (χ3n) is 2.48. The number of ether oxygens (including phenoxy) is 1. The monoisotopic (exact) mass is 273 g/mol. The minimum atomic E-state index is -2.71. The molecule has 0 unspecified atom stereocenters. The molecule has 0 saturated heterocycles. The fourth-order valence-electron chi connectivity index (χ4n) is 1.58. The lowest BCUT2D eigenvalue weighted by Crippen LogP contribution is -2.08. The number of rotatable bonds is 4. The molecule has 0 bridgehead atoms. The average Bonchev–Trinajstić information content (AvgIpc) is 2.37. The number of alkyl halides is 3. The van der Waals surface area contributed by atoms with Gasteiger partial charge in [0.05, 0.1) is 25.2 Å². The maximum Gasteiger partial charge on any atom is 0.310 e. The fraction of sp³-hybridized carbons (Fsp3) is 0.333. The first kappa shape index (κ1) is 14.4. The molecule has 0 radical (unpaired) electrons. The number of hydrogen-bond acceptors (Lipinski definition) is 3. The second-order valence-corrected chi connectivity index (χ2v) is 3.73. The van der Waals surface area contributed by atoms with Gasteiger partial charge >= 0.3 is 5.97 Å². The predicted octanol–water partition coefficient (Wildman–Crippen LogP) is 2.95. The van der Waals surface area contributed by atoms with Gasteiger partial charge in [-0.25, -0.2) is 8.78 Å². The minimum Gasteiger partial charge on any atom is -0.469 e. The Kier molecular flexibility index (Phi) is 5.05. The van der Waals surface area contributed by atoms with E-state index < -0.39 is 12.4 Å². The van der Waals surface area contributed by atoms with E-state index in [4.69, 9.17) is 16.9 Å². The van der Waals surface area contributed by atoms with Crippen LogP contribution in [-0.4, -0.2) is 13.1 Å². The molecule has 0 spiro atoms. The Balaban J connectivity index is 3.31. The number of hydrogen-bond donors (Lipinski definition) is 0. The molecule has 1 aromatic rings. The molecular formula is C12H10ClF2NO2. The highest BCUT2D eigenvalue weighted by atomic mass is 35.5. The van der Waals surface area contributed by atoms with Crippen LogP contribution in [0.2, 0.25) is 0 Å². The van der Waals surface area contributed by atoms with E-state index in [1.165, 1.54) is 19.2 Å². The molecule has 0 aromatic heterocycles. The Morgan fingerprint density at radius 3 is 2.67 bits per heavy atom. The predicted molar refractivity (Wildman–Crippen MR) is 61.4 cm³/mol. The van der Waals surface area contributed by atoms with Crippen LogP contribution in [0.15, 0.2) is 12.1 Å². The molecule has 3 nitrogen and oxygen atoms in total. The van der Waals surface area contributed by atoms with Gasteiger partial charge in [-0.2, -0.15) is 5.26 Å². The van der Waals surface area contributed by atoms with E-state index >= 15 is 0 Å². The molecule has 18 heavy (non-hydrogen) atoms. The summed E-state index contributed by atoms with van der Waals surface area (Å²) in [5.74, 6) is -0.755. The van der Waals surface area contributed by atoms with Crippen LogP contribution in [0.25, 0.3) is 0 Å². The summed E-state index contributed by atoms with van der Waals surface area (Å²) in [5, 5.41) is 9.02. The molecule has 96 valence electrons. The van der Waals surface area contributed by atoms with Crippen LogP contribution in [0.5, 0.6) is 0 Å². The first-order valence-electron chi connectivity index (χ1n) is 5.00. The van der Waals surface area contributed by atoms with E-state index in [0.29, 0.717) is 5.56 Å². The zero-order valence-electron chi connectivity index (χ0n) is 9.54. The largest absolute Gasteiger partial charge is 0.469 e. The van der Waals surface area contributed by atoms with Gasteiger partial charge in [-0.05, 0) is 11.1 Å². The summed E-state index contributed by atoms with van der Waals surface area (Å²) in [4.78, 5) is 11.2. The second-order valence-electron chi connectivity index (χ2n) is 3.47. The second kappa shape index (κ2) is 6.31. The third kappa shape index (κ3) is 2.96. The van der Waals surface area contributed by atoms with E-state index in [9.17, 15) is 13.6 Å². The first-order valence-corrected chi connectivity index (χ1v) is 5.54. The fourth-order valence-corrected chi connectivity index (χ4v) is 1.86. The number of methoxy groups -OCH3 is 1. The van der Waals surface area contributed by atoms with Crippen molar-refractivity contribution in [2.75, 3.05) is 7.11 Å². The number of nitriles is 1. The van der Waals surface area contributed by atoms with Gasteiger partial charge in [-0.3, -0.25) is 4.79 Å². The zero-order chi connectivity index (χ0) is 13.7. The van der Waals surface area contributed by atoms with Crippen LogP contribution < -0.4 is 0 Å². The molecule has 0 aliphatic rings. The molecule has 6 heteroatoms. The molecule has 0 heterocycles. The number of benzene rings is 1. The van der Waals surface area contributed by atoms with Crippen molar-refractivity contribution in [3.05, 3.63) is 34.4 Å². The Bertz CT molecular complexity index is 498. The Labute approximate surface area is 108 Å². The molecule has 0 N–H and O–H groups in total. The normalized spacial score (nSPS) is 10.2. The van der Waals surface area contributed by atoms with Crippen LogP contribution in [0.4, 0.5) is 8.78 Å². The van der Waals surface area contributed by atoms with E-state index in [1.807, 2.05) is 6.07 Å². The van der Waals surface area contributed by atoms with Crippen LogP contribution in [0, 0.1) is 11.3 Å². The van der Waals surface area contributed by atoms with E-state index in [-0.39, 0.29) is 29.0 Å². The Morgan fingerprint density at radius 2 is 2.22 bits per heavy atom. The Morgan fingerprint density at radius 1 is 1.56 bits per heavy atom. The first-order chi connectivity index (χ1) is 8.54. The van der Waals surface area contributed by atoms with Crippen molar-refractivity contribution in [1.82, 2.24) is 0 Å². The van der Waals surface area contributed by atoms with E-state index in [2.05, 4.69) is 4.74 Å². The summed E-state index contributed by atoms with van der Waals surface area (Å²) in [6.45, 7) is 0. The summed E-state index contributed by atoms with van der Waals surface area (Å²) >= 11 is 5.60. The molecule has 1 rings (SSSR count). The summed E-state index contributed by atoms with van der Waals surface area (Å²) in [6, 6.07) is 4.32. The number of nitrogens with zero attached hydrogens (tertiary/aromatic N) is 1. The molecule has 0 aliphatic carbocycles. The highest BCUT2D eigenvalue weighted by Gasteiger charge is 2.19. The van der Waals surface area contributed by atoms with Gasteiger partial charge in [0, 0.05) is 11.4 Å². The number of carbonyl (C=O) groups is 1. The average molecular weight is 274 g/mol. The SMILES string of the molecule is COC(=O)Cc1ccc(C(F)F)c(CCl)c1C#N. The van der Waals surface area contributed by atoms with Gasteiger partial charge in [-0.15, -0.1) is 11.6 Å². The summed E-state index contributed by atoms with van der Waals surface area (Å²) in [5.41, 5.74) is 0.142. The maximum atomic E-state index is 12.7. The molecule has 0 aliphatic heterocycles. The Hall–Kier alpha value is -1.67. The summed E-state index contributed by atoms with van der Waals surface area (Å²) in [7, 11) is 1.21. The lowest BCUT2D eigenvalue weighted by Gasteiger charge is -2.11. The molecular weight excluding hydrogens is 264 g/mol. The van der Waals surface area contributed by atoms with Crippen molar-refractivity contribution in [3.8, 4) is 6.07 Å². The van der Waals surface area contributed by atoms with Crippen molar-refractivity contribution < 1.29 is 18.3 Å². The molecule has 0 amide bonds.